The average Bonchev–Trinajstić information content (AvgIpc) is 2.76. The minimum absolute atomic E-state index is 0.277. The van der Waals surface area contributed by atoms with E-state index in [2.05, 4.69) is 15.1 Å². The van der Waals surface area contributed by atoms with E-state index in [1.54, 1.807) is 0 Å². The van der Waals surface area contributed by atoms with E-state index in [4.69, 9.17) is 4.42 Å². The van der Waals surface area contributed by atoms with E-state index in [1.807, 2.05) is 6.92 Å². The third-order valence-corrected chi connectivity index (χ3v) is 3.36. The Hall–Kier alpha value is -0.940. The van der Waals surface area contributed by atoms with Crippen molar-refractivity contribution in [3.8, 4) is 0 Å². The molecule has 2 rings (SSSR count). The van der Waals surface area contributed by atoms with Gasteiger partial charge < -0.3 is 9.52 Å². The van der Waals surface area contributed by atoms with Crippen molar-refractivity contribution in [2.24, 2.45) is 0 Å². The smallest absolute Gasteiger partial charge is 0.216 e. The second kappa shape index (κ2) is 6.12. The van der Waals surface area contributed by atoms with Gasteiger partial charge in [0.05, 0.1) is 6.61 Å². The Morgan fingerprint density at radius 2 is 2.29 bits per heavy atom. The highest BCUT2D eigenvalue weighted by atomic mass is 16.4. The molecule has 0 spiro atoms. The van der Waals surface area contributed by atoms with Crippen LogP contribution in [0.2, 0.25) is 0 Å². The number of aryl methyl sites for hydroxylation is 2. The second-order valence-corrected chi connectivity index (χ2v) is 4.69. The third kappa shape index (κ3) is 3.51. The number of nitrogens with zero attached hydrogens (tertiary/aromatic N) is 3. The molecule has 1 unspecified atom stereocenters. The first kappa shape index (κ1) is 12.5. The van der Waals surface area contributed by atoms with Gasteiger partial charge in [0.2, 0.25) is 11.8 Å². The summed E-state index contributed by atoms with van der Waals surface area (Å²) in [6.07, 6.45) is 5.45. The molecule has 1 aromatic heterocycles. The summed E-state index contributed by atoms with van der Waals surface area (Å²) in [5, 5.41) is 17.1. The van der Waals surface area contributed by atoms with Crippen LogP contribution in [-0.4, -0.2) is 45.9 Å². The molecule has 1 atom stereocenters. The predicted octanol–water partition coefficient (Wildman–Crippen LogP) is 1.16. The van der Waals surface area contributed by atoms with Crippen LogP contribution < -0.4 is 0 Å². The van der Waals surface area contributed by atoms with E-state index < -0.39 is 0 Å². The van der Waals surface area contributed by atoms with Crippen LogP contribution in [0.25, 0.3) is 0 Å². The van der Waals surface area contributed by atoms with E-state index in [0.29, 0.717) is 11.9 Å². The molecule has 17 heavy (non-hydrogen) atoms. The molecule has 1 aliphatic rings. The lowest BCUT2D eigenvalue weighted by molar-refractivity contribution is 0.0889. The second-order valence-electron chi connectivity index (χ2n) is 4.69. The number of aliphatic hydroxyl groups excluding tert-OH is 1. The maximum atomic E-state index is 9.30. The summed E-state index contributed by atoms with van der Waals surface area (Å²) in [5.41, 5.74) is 0. The largest absolute Gasteiger partial charge is 0.426 e. The van der Waals surface area contributed by atoms with Crippen molar-refractivity contribution < 1.29 is 9.52 Å². The monoisotopic (exact) mass is 239 g/mol. The Balaban J connectivity index is 1.73. The first-order valence-corrected chi connectivity index (χ1v) is 6.43. The van der Waals surface area contributed by atoms with Crippen LogP contribution >= 0.6 is 0 Å². The minimum Gasteiger partial charge on any atom is -0.426 e. The fourth-order valence-electron chi connectivity index (χ4n) is 2.43. The first-order valence-electron chi connectivity index (χ1n) is 6.43. The number of aliphatic hydroxyl groups is 1. The standard InChI is InChI=1S/C12H21N3O2/c1-10-13-14-12(17-10)6-4-8-15-7-3-2-5-11(15)9-16/h11,16H,2-9H2,1H3. The summed E-state index contributed by atoms with van der Waals surface area (Å²) in [6.45, 7) is 4.20. The van der Waals surface area contributed by atoms with Crippen molar-refractivity contribution in [3.05, 3.63) is 11.8 Å². The Morgan fingerprint density at radius 1 is 1.41 bits per heavy atom. The SMILES string of the molecule is Cc1nnc(CCCN2CCCCC2CO)o1. The van der Waals surface area contributed by atoms with Crippen molar-refractivity contribution in [1.82, 2.24) is 15.1 Å². The average molecular weight is 239 g/mol. The van der Waals surface area contributed by atoms with Crippen LogP contribution in [0.3, 0.4) is 0 Å². The fraction of sp³-hybridized carbons (Fsp3) is 0.833. The zero-order chi connectivity index (χ0) is 12.1. The zero-order valence-electron chi connectivity index (χ0n) is 10.4. The van der Waals surface area contributed by atoms with Crippen LogP contribution in [0, 0.1) is 6.92 Å². The molecule has 2 heterocycles. The summed E-state index contributed by atoms with van der Waals surface area (Å²) in [4.78, 5) is 2.38. The number of rotatable bonds is 5. The molecule has 0 radical (unpaired) electrons. The minimum atomic E-state index is 0.277. The molecule has 0 amide bonds. The van der Waals surface area contributed by atoms with Gasteiger partial charge in [-0.2, -0.15) is 0 Å². The molecule has 0 aromatic carbocycles. The van der Waals surface area contributed by atoms with E-state index >= 15 is 0 Å². The summed E-state index contributed by atoms with van der Waals surface area (Å²) in [5.74, 6) is 1.35. The molecule has 0 bridgehead atoms. The maximum absolute atomic E-state index is 9.30. The van der Waals surface area contributed by atoms with Gasteiger partial charge in [-0.3, -0.25) is 4.90 Å². The van der Waals surface area contributed by atoms with Crippen LogP contribution in [0.4, 0.5) is 0 Å². The van der Waals surface area contributed by atoms with Gasteiger partial charge in [-0.15, -0.1) is 10.2 Å². The quantitative estimate of drug-likeness (QED) is 0.835. The molecular formula is C12H21N3O2. The Labute approximate surface area is 102 Å². The number of aromatic nitrogens is 2. The van der Waals surface area contributed by atoms with Crippen molar-refractivity contribution in [1.29, 1.82) is 0 Å². The number of hydrogen-bond acceptors (Lipinski definition) is 5. The van der Waals surface area contributed by atoms with Crippen molar-refractivity contribution in [2.45, 2.75) is 45.1 Å². The van der Waals surface area contributed by atoms with Gasteiger partial charge in [0, 0.05) is 19.4 Å². The topological polar surface area (TPSA) is 62.4 Å². The van der Waals surface area contributed by atoms with E-state index in [9.17, 15) is 5.11 Å². The molecule has 1 aliphatic heterocycles. The van der Waals surface area contributed by atoms with Gasteiger partial charge in [0.15, 0.2) is 0 Å². The Kier molecular flexibility index (Phi) is 4.50. The lowest BCUT2D eigenvalue weighted by Crippen LogP contribution is -2.42. The van der Waals surface area contributed by atoms with Gasteiger partial charge in [0.25, 0.3) is 0 Å². The van der Waals surface area contributed by atoms with Gasteiger partial charge in [-0.05, 0) is 32.4 Å². The highest BCUT2D eigenvalue weighted by Crippen LogP contribution is 2.17. The zero-order valence-corrected chi connectivity index (χ0v) is 10.4. The normalized spacial score (nSPS) is 21.9. The third-order valence-electron chi connectivity index (χ3n) is 3.36. The first-order chi connectivity index (χ1) is 8.29. The van der Waals surface area contributed by atoms with Gasteiger partial charge in [-0.25, -0.2) is 0 Å². The van der Waals surface area contributed by atoms with Crippen LogP contribution in [-0.2, 0) is 6.42 Å². The molecule has 0 aliphatic carbocycles. The van der Waals surface area contributed by atoms with Crippen LogP contribution in [0.15, 0.2) is 4.42 Å². The van der Waals surface area contributed by atoms with Crippen molar-refractivity contribution in [2.75, 3.05) is 19.7 Å². The lowest BCUT2D eigenvalue weighted by Gasteiger charge is -2.34. The highest BCUT2D eigenvalue weighted by Gasteiger charge is 2.20. The summed E-state index contributed by atoms with van der Waals surface area (Å²) in [6, 6.07) is 0.355. The number of hydrogen-bond donors (Lipinski definition) is 1. The summed E-state index contributed by atoms with van der Waals surface area (Å²) >= 11 is 0. The highest BCUT2D eigenvalue weighted by molar-refractivity contribution is 4.81. The molecule has 1 saturated heterocycles. The maximum Gasteiger partial charge on any atom is 0.216 e. The van der Waals surface area contributed by atoms with Crippen molar-refractivity contribution in [3.63, 3.8) is 0 Å². The molecule has 5 heteroatoms. The van der Waals surface area contributed by atoms with Crippen LogP contribution in [0.5, 0.6) is 0 Å². The summed E-state index contributed by atoms with van der Waals surface area (Å²) in [7, 11) is 0. The number of likely N-dealkylation sites (tertiary alicyclic amines) is 1. The van der Waals surface area contributed by atoms with Crippen molar-refractivity contribution >= 4 is 0 Å². The molecule has 5 nitrogen and oxygen atoms in total. The molecular weight excluding hydrogens is 218 g/mol. The molecule has 1 N–H and O–H groups in total. The van der Waals surface area contributed by atoms with E-state index in [0.717, 1.165) is 38.2 Å². The van der Waals surface area contributed by atoms with Crippen LogP contribution in [0.1, 0.15) is 37.5 Å². The molecule has 0 saturated carbocycles. The van der Waals surface area contributed by atoms with Gasteiger partial charge >= 0.3 is 0 Å². The Morgan fingerprint density at radius 3 is 3.00 bits per heavy atom. The number of piperidine rings is 1. The molecule has 1 fully saturated rings. The molecule has 96 valence electrons. The van der Waals surface area contributed by atoms with E-state index in [1.165, 1.54) is 12.8 Å². The molecule has 1 aromatic rings. The van der Waals surface area contributed by atoms with E-state index in [-0.39, 0.29) is 6.61 Å². The Bertz CT molecular complexity index is 340. The fourth-order valence-corrected chi connectivity index (χ4v) is 2.43. The summed E-state index contributed by atoms with van der Waals surface area (Å²) < 4.78 is 5.34. The van der Waals surface area contributed by atoms with Gasteiger partial charge in [0.1, 0.15) is 0 Å². The van der Waals surface area contributed by atoms with Gasteiger partial charge in [-0.1, -0.05) is 6.42 Å². The lowest BCUT2D eigenvalue weighted by atomic mass is 10.0. The predicted molar refractivity (Wildman–Crippen MR) is 63.7 cm³/mol.